The van der Waals surface area contributed by atoms with Gasteiger partial charge in [0.1, 0.15) is 0 Å². The maximum atomic E-state index is 3.60. The summed E-state index contributed by atoms with van der Waals surface area (Å²) in [6.45, 7) is 10.6. The highest BCUT2D eigenvalue weighted by Gasteiger charge is 2.13. The normalized spacial score (nSPS) is 34.2. The standard InChI is InChI=1S/C10H22N2/c1-4-12-7-5-9(2)11-10(3)6-8-12/h9-11H,4-8H2,1-3H3. The first kappa shape index (κ1) is 10.0. The largest absolute Gasteiger partial charge is 0.312 e. The highest BCUT2D eigenvalue weighted by atomic mass is 15.1. The second-order valence-corrected chi connectivity index (χ2v) is 3.98. The lowest BCUT2D eigenvalue weighted by molar-refractivity contribution is 0.228. The molecule has 1 rings (SSSR count). The van der Waals surface area contributed by atoms with Crippen LogP contribution >= 0.6 is 0 Å². The molecule has 0 aromatic rings. The number of nitrogens with one attached hydrogen (secondary N) is 1. The minimum atomic E-state index is 0.689. The molecule has 0 aliphatic carbocycles. The second kappa shape index (κ2) is 4.83. The van der Waals surface area contributed by atoms with Crippen molar-refractivity contribution in [2.75, 3.05) is 19.6 Å². The lowest BCUT2D eigenvalue weighted by Crippen LogP contribution is -2.42. The van der Waals surface area contributed by atoms with Crippen molar-refractivity contribution in [1.82, 2.24) is 10.2 Å². The molecular formula is C10H22N2. The van der Waals surface area contributed by atoms with E-state index >= 15 is 0 Å². The van der Waals surface area contributed by atoms with Crippen LogP contribution in [0.3, 0.4) is 0 Å². The minimum absolute atomic E-state index is 0.689. The van der Waals surface area contributed by atoms with Crippen molar-refractivity contribution in [2.24, 2.45) is 0 Å². The van der Waals surface area contributed by atoms with Crippen LogP contribution < -0.4 is 5.32 Å². The maximum Gasteiger partial charge on any atom is 0.00533 e. The van der Waals surface area contributed by atoms with Gasteiger partial charge in [-0.15, -0.1) is 0 Å². The third-order valence-electron chi connectivity index (χ3n) is 2.77. The molecule has 0 radical (unpaired) electrons. The molecule has 0 amide bonds. The van der Waals surface area contributed by atoms with Crippen molar-refractivity contribution in [2.45, 2.75) is 45.7 Å². The van der Waals surface area contributed by atoms with E-state index in [1.165, 1.54) is 32.5 Å². The van der Waals surface area contributed by atoms with Crippen LogP contribution in [0.5, 0.6) is 0 Å². The van der Waals surface area contributed by atoms with Crippen LogP contribution in [0.15, 0.2) is 0 Å². The Labute approximate surface area is 76.3 Å². The maximum absolute atomic E-state index is 3.60. The van der Waals surface area contributed by atoms with Gasteiger partial charge in [0.2, 0.25) is 0 Å². The van der Waals surface area contributed by atoms with Gasteiger partial charge in [0, 0.05) is 12.1 Å². The Bertz CT molecular complexity index is 113. The summed E-state index contributed by atoms with van der Waals surface area (Å²) in [5.74, 6) is 0. The molecule has 1 N–H and O–H groups in total. The van der Waals surface area contributed by atoms with Crippen LogP contribution in [-0.4, -0.2) is 36.6 Å². The van der Waals surface area contributed by atoms with E-state index in [9.17, 15) is 0 Å². The molecule has 1 aliphatic heterocycles. The lowest BCUT2D eigenvalue weighted by atomic mass is 10.1. The third-order valence-corrected chi connectivity index (χ3v) is 2.77. The Kier molecular flexibility index (Phi) is 4.02. The Balaban J connectivity index is 2.36. The summed E-state index contributed by atoms with van der Waals surface area (Å²) < 4.78 is 0. The molecule has 72 valence electrons. The number of hydrogen-bond donors (Lipinski definition) is 1. The minimum Gasteiger partial charge on any atom is -0.312 e. The van der Waals surface area contributed by atoms with E-state index in [1.807, 2.05) is 0 Å². The van der Waals surface area contributed by atoms with Crippen molar-refractivity contribution >= 4 is 0 Å². The molecule has 2 heteroatoms. The number of hydrogen-bond acceptors (Lipinski definition) is 2. The van der Waals surface area contributed by atoms with Gasteiger partial charge in [-0.25, -0.2) is 0 Å². The molecule has 0 saturated carbocycles. The Morgan fingerprint density at radius 1 is 1.17 bits per heavy atom. The first-order chi connectivity index (χ1) is 5.72. The molecule has 2 atom stereocenters. The molecule has 2 nitrogen and oxygen atoms in total. The molecular weight excluding hydrogens is 148 g/mol. The van der Waals surface area contributed by atoms with Crippen LogP contribution in [-0.2, 0) is 0 Å². The van der Waals surface area contributed by atoms with E-state index < -0.39 is 0 Å². The quantitative estimate of drug-likeness (QED) is 0.641. The Hall–Kier alpha value is -0.0800. The molecule has 1 fully saturated rings. The van der Waals surface area contributed by atoms with Crippen LogP contribution in [0.1, 0.15) is 33.6 Å². The van der Waals surface area contributed by atoms with Crippen molar-refractivity contribution < 1.29 is 0 Å². The van der Waals surface area contributed by atoms with Crippen LogP contribution in [0.2, 0.25) is 0 Å². The molecule has 0 aromatic heterocycles. The molecule has 0 spiro atoms. The fraction of sp³-hybridized carbons (Fsp3) is 1.00. The highest BCUT2D eigenvalue weighted by molar-refractivity contribution is 4.74. The Morgan fingerprint density at radius 3 is 2.08 bits per heavy atom. The number of rotatable bonds is 1. The first-order valence-corrected chi connectivity index (χ1v) is 5.20. The van der Waals surface area contributed by atoms with Crippen LogP contribution in [0.25, 0.3) is 0 Å². The van der Waals surface area contributed by atoms with Gasteiger partial charge in [-0.3, -0.25) is 0 Å². The summed E-state index contributed by atoms with van der Waals surface area (Å²) in [5.41, 5.74) is 0. The smallest absolute Gasteiger partial charge is 0.00533 e. The van der Waals surface area contributed by atoms with E-state index in [4.69, 9.17) is 0 Å². The van der Waals surface area contributed by atoms with E-state index in [-0.39, 0.29) is 0 Å². The average molecular weight is 170 g/mol. The van der Waals surface area contributed by atoms with Crippen LogP contribution in [0, 0.1) is 0 Å². The summed E-state index contributed by atoms with van der Waals surface area (Å²) in [6.07, 6.45) is 2.58. The summed E-state index contributed by atoms with van der Waals surface area (Å²) in [6, 6.07) is 1.38. The zero-order chi connectivity index (χ0) is 8.97. The predicted molar refractivity (Wildman–Crippen MR) is 53.4 cm³/mol. The monoisotopic (exact) mass is 170 g/mol. The molecule has 12 heavy (non-hydrogen) atoms. The van der Waals surface area contributed by atoms with E-state index in [0.717, 1.165) is 0 Å². The fourth-order valence-electron chi connectivity index (χ4n) is 1.83. The fourth-order valence-corrected chi connectivity index (χ4v) is 1.83. The van der Waals surface area contributed by atoms with Gasteiger partial charge in [-0.2, -0.15) is 0 Å². The molecule has 1 heterocycles. The van der Waals surface area contributed by atoms with Gasteiger partial charge in [0.15, 0.2) is 0 Å². The first-order valence-electron chi connectivity index (χ1n) is 5.20. The summed E-state index contributed by atoms with van der Waals surface area (Å²) in [5, 5.41) is 3.60. The van der Waals surface area contributed by atoms with Gasteiger partial charge >= 0.3 is 0 Å². The lowest BCUT2D eigenvalue weighted by Gasteiger charge is -2.29. The van der Waals surface area contributed by atoms with Gasteiger partial charge < -0.3 is 10.2 Å². The van der Waals surface area contributed by atoms with Gasteiger partial charge in [-0.1, -0.05) is 6.92 Å². The highest BCUT2D eigenvalue weighted by Crippen LogP contribution is 2.05. The van der Waals surface area contributed by atoms with Gasteiger partial charge in [-0.05, 0) is 46.3 Å². The summed E-state index contributed by atoms with van der Waals surface area (Å²) in [7, 11) is 0. The predicted octanol–water partition coefficient (Wildman–Crippen LogP) is 1.47. The topological polar surface area (TPSA) is 15.3 Å². The third kappa shape index (κ3) is 3.11. The zero-order valence-corrected chi connectivity index (χ0v) is 8.64. The molecule has 1 saturated heterocycles. The zero-order valence-electron chi connectivity index (χ0n) is 8.64. The molecule has 0 bridgehead atoms. The van der Waals surface area contributed by atoms with Gasteiger partial charge in [0.05, 0.1) is 0 Å². The summed E-state index contributed by atoms with van der Waals surface area (Å²) >= 11 is 0. The second-order valence-electron chi connectivity index (χ2n) is 3.98. The van der Waals surface area contributed by atoms with Crippen LogP contribution in [0.4, 0.5) is 0 Å². The molecule has 1 aliphatic rings. The van der Waals surface area contributed by atoms with Crippen molar-refractivity contribution in [3.8, 4) is 0 Å². The SMILES string of the molecule is CCN1CCC(C)NC(C)CC1. The average Bonchev–Trinajstić information content (AvgIpc) is 2.02. The summed E-state index contributed by atoms with van der Waals surface area (Å²) in [4.78, 5) is 2.55. The van der Waals surface area contributed by atoms with Gasteiger partial charge in [0.25, 0.3) is 0 Å². The number of nitrogens with zero attached hydrogens (tertiary/aromatic N) is 1. The van der Waals surface area contributed by atoms with E-state index in [2.05, 4.69) is 31.0 Å². The van der Waals surface area contributed by atoms with E-state index in [0.29, 0.717) is 12.1 Å². The van der Waals surface area contributed by atoms with Crippen molar-refractivity contribution in [3.05, 3.63) is 0 Å². The van der Waals surface area contributed by atoms with Crippen molar-refractivity contribution in [1.29, 1.82) is 0 Å². The molecule has 2 unspecified atom stereocenters. The van der Waals surface area contributed by atoms with Crippen molar-refractivity contribution in [3.63, 3.8) is 0 Å². The van der Waals surface area contributed by atoms with E-state index in [1.54, 1.807) is 0 Å². The Morgan fingerprint density at radius 2 is 1.67 bits per heavy atom. The molecule has 0 aromatic carbocycles.